The zero-order chi connectivity index (χ0) is 18.0. The molecule has 0 aromatic heterocycles. The number of nitrogens with zero attached hydrogens (tertiary/aromatic N) is 3. The Morgan fingerprint density at radius 2 is 1.88 bits per heavy atom. The van der Waals surface area contributed by atoms with Gasteiger partial charge in [0.2, 0.25) is 0 Å². The van der Waals surface area contributed by atoms with Crippen molar-refractivity contribution in [1.29, 1.82) is 0 Å². The molecule has 0 aliphatic carbocycles. The quantitative estimate of drug-likeness (QED) is 0.653. The van der Waals surface area contributed by atoms with Crippen molar-refractivity contribution in [2.75, 3.05) is 44.3 Å². The molecule has 2 aliphatic heterocycles. The fourth-order valence-corrected chi connectivity index (χ4v) is 3.54. The molecule has 0 spiro atoms. The number of nitro groups is 1. The second-order valence-electron chi connectivity index (χ2n) is 6.74. The Kier molecular flexibility index (Phi) is 5.19. The molecule has 3 rings (SSSR count). The van der Waals surface area contributed by atoms with Crippen LogP contribution in [0, 0.1) is 10.1 Å². The van der Waals surface area contributed by atoms with Crippen LogP contribution in [0.15, 0.2) is 18.2 Å². The van der Waals surface area contributed by atoms with Crippen molar-refractivity contribution in [3.05, 3.63) is 33.9 Å². The molecule has 1 aromatic rings. The van der Waals surface area contributed by atoms with Gasteiger partial charge >= 0.3 is 0 Å². The van der Waals surface area contributed by atoms with Gasteiger partial charge in [0, 0.05) is 50.4 Å². The van der Waals surface area contributed by atoms with E-state index in [1.54, 1.807) is 11.0 Å². The first kappa shape index (κ1) is 17.6. The predicted octanol–water partition coefficient (Wildman–Crippen LogP) is 1.25. The first-order valence-electron chi connectivity index (χ1n) is 8.62. The molecular formula is C17H24N4O4. The van der Waals surface area contributed by atoms with Crippen LogP contribution in [-0.2, 0) is 4.74 Å². The first-order chi connectivity index (χ1) is 12.0. The SMILES string of the molecule is C[C@@H]1CN(c2ccc([N+](=O)[O-])cc2C(=O)N2CCOCC2)C[C@H](C)N1. The van der Waals surface area contributed by atoms with E-state index in [4.69, 9.17) is 4.74 Å². The highest BCUT2D eigenvalue weighted by molar-refractivity contribution is 6.00. The normalized spacial score (nSPS) is 24.2. The van der Waals surface area contributed by atoms with Gasteiger partial charge < -0.3 is 19.9 Å². The number of nitrogens with one attached hydrogen (secondary N) is 1. The molecule has 2 heterocycles. The summed E-state index contributed by atoms with van der Waals surface area (Å²) >= 11 is 0. The maximum absolute atomic E-state index is 13.0. The van der Waals surface area contributed by atoms with Crippen LogP contribution in [-0.4, -0.2) is 67.2 Å². The fraction of sp³-hybridized carbons (Fsp3) is 0.588. The summed E-state index contributed by atoms with van der Waals surface area (Å²) in [6.07, 6.45) is 0. The standard InChI is InChI=1S/C17H24N4O4/c1-12-10-20(11-13(2)18-12)16-4-3-14(21(23)24)9-15(16)17(22)19-5-7-25-8-6-19/h3-4,9,12-13,18H,5-8,10-11H2,1-2H3/t12-,13+. The maximum atomic E-state index is 13.0. The third kappa shape index (κ3) is 3.91. The van der Waals surface area contributed by atoms with Crippen molar-refractivity contribution >= 4 is 17.3 Å². The summed E-state index contributed by atoms with van der Waals surface area (Å²) in [6, 6.07) is 5.15. The van der Waals surface area contributed by atoms with E-state index in [1.807, 2.05) is 0 Å². The van der Waals surface area contributed by atoms with E-state index in [1.165, 1.54) is 12.1 Å². The topological polar surface area (TPSA) is 88.0 Å². The third-order valence-electron chi connectivity index (χ3n) is 4.62. The van der Waals surface area contributed by atoms with Gasteiger partial charge in [-0.3, -0.25) is 14.9 Å². The lowest BCUT2D eigenvalue weighted by Crippen LogP contribution is -2.54. The molecule has 0 radical (unpaired) electrons. The Morgan fingerprint density at radius 3 is 2.48 bits per heavy atom. The number of nitro benzene ring substituents is 1. The van der Waals surface area contributed by atoms with Crippen molar-refractivity contribution in [2.24, 2.45) is 0 Å². The molecular weight excluding hydrogens is 324 g/mol. The van der Waals surface area contributed by atoms with E-state index in [-0.39, 0.29) is 23.7 Å². The number of rotatable bonds is 3. The van der Waals surface area contributed by atoms with Gasteiger partial charge in [-0.2, -0.15) is 0 Å². The van der Waals surface area contributed by atoms with Crippen LogP contribution in [0.4, 0.5) is 11.4 Å². The second-order valence-corrected chi connectivity index (χ2v) is 6.74. The fourth-order valence-electron chi connectivity index (χ4n) is 3.54. The number of amides is 1. The highest BCUT2D eigenvalue weighted by atomic mass is 16.6. The zero-order valence-electron chi connectivity index (χ0n) is 14.6. The minimum Gasteiger partial charge on any atom is -0.378 e. The first-order valence-corrected chi connectivity index (χ1v) is 8.62. The molecule has 2 fully saturated rings. The second kappa shape index (κ2) is 7.37. The molecule has 1 N–H and O–H groups in total. The summed E-state index contributed by atoms with van der Waals surface area (Å²) in [6.45, 7) is 7.71. The van der Waals surface area contributed by atoms with Gasteiger partial charge in [-0.25, -0.2) is 0 Å². The molecule has 2 saturated heterocycles. The summed E-state index contributed by atoms with van der Waals surface area (Å²) in [5.41, 5.74) is 1.11. The predicted molar refractivity (Wildman–Crippen MR) is 94.1 cm³/mol. The van der Waals surface area contributed by atoms with Crippen LogP contribution < -0.4 is 10.2 Å². The van der Waals surface area contributed by atoms with E-state index < -0.39 is 4.92 Å². The van der Waals surface area contributed by atoms with Crippen LogP contribution in [0.5, 0.6) is 0 Å². The molecule has 1 amide bonds. The summed E-state index contributed by atoms with van der Waals surface area (Å²) < 4.78 is 5.30. The van der Waals surface area contributed by atoms with Gasteiger partial charge in [0.05, 0.1) is 29.4 Å². The van der Waals surface area contributed by atoms with Crippen LogP contribution >= 0.6 is 0 Å². The van der Waals surface area contributed by atoms with Gasteiger partial charge in [-0.05, 0) is 19.9 Å². The largest absolute Gasteiger partial charge is 0.378 e. The highest BCUT2D eigenvalue weighted by Crippen LogP contribution is 2.28. The number of ether oxygens (including phenoxy) is 1. The summed E-state index contributed by atoms with van der Waals surface area (Å²) in [5, 5.41) is 14.6. The Labute approximate surface area is 146 Å². The van der Waals surface area contributed by atoms with Gasteiger partial charge in [-0.1, -0.05) is 0 Å². The van der Waals surface area contributed by atoms with Crippen LogP contribution in [0.3, 0.4) is 0 Å². The molecule has 8 heteroatoms. The lowest BCUT2D eigenvalue weighted by Gasteiger charge is -2.39. The maximum Gasteiger partial charge on any atom is 0.270 e. The molecule has 8 nitrogen and oxygen atoms in total. The van der Waals surface area contributed by atoms with Crippen molar-refractivity contribution in [3.63, 3.8) is 0 Å². The minimum absolute atomic E-state index is 0.0587. The smallest absolute Gasteiger partial charge is 0.270 e. The molecule has 0 bridgehead atoms. The summed E-state index contributed by atoms with van der Waals surface area (Å²) in [4.78, 5) is 27.6. The van der Waals surface area contributed by atoms with E-state index in [0.717, 1.165) is 18.8 Å². The molecule has 1 aromatic carbocycles. The van der Waals surface area contributed by atoms with Crippen molar-refractivity contribution < 1.29 is 14.5 Å². The number of carbonyl (C=O) groups is 1. The number of morpholine rings is 1. The monoisotopic (exact) mass is 348 g/mol. The van der Waals surface area contributed by atoms with Gasteiger partial charge in [0.15, 0.2) is 0 Å². The molecule has 0 unspecified atom stereocenters. The van der Waals surface area contributed by atoms with E-state index >= 15 is 0 Å². The number of benzene rings is 1. The van der Waals surface area contributed by atoms with Gasteiger partial charge in [0.1, 0.15) is 0 Å². The van der Waals surface area contributed by atoms with Crippen molar-refractivity contribution in [1.82, 2.24) is 10.2 Å². The molecule has 0 saturated carbocycles. The zero-order valence-corrected chi connectivity index (χ0v) is 14.6. The number of hydrogen-bond acceptors (Lipinski definition) is 6. The number of piperazine rings is 1. The van der Waals surface area contributed by atoms with Crippen molar-refractivity contribution in [2.45, 2.75) is 25.9 Å². The van der Waals surface area contributed by atoms with Crippen molar-refractivity contribution in [3.8, 4) is 0 Å². The lowest BCUT2D eigenvalue weighted by molar-refractivity contribution is -0.384. The molecule has 25 heavy (non-hydrogen) atoms. The lowest BCUT2D eigenvalue weighted by atomic mass is 10.1. The Morgan fingerprint density at radius 1 is 1.24 bits per heavy atom. The average molecular weight is 348 g/mol. The van der Waals surface area contributed by atoms with Crippen LogP contribution in [0.2, 0.25) is 0 Å². The van der Waals surface area contributed by atoms with Crippen LogP contribution in [0.25, 0.3) is 0 Å². The third-order valence-corrected chi connectivity index (χ3v) is 4.62. The van der Waals surface area contributed by atoms with E-state index in [2.05, 4.69) is 24.1 Å². The number of carbonyl (C=O) groups excluding carboxylic acids is 1. The van der Waals surface area contributed by atoms with Gasteiger partial charge in [0.25, 0.3) is 11.6 Å². The molecule has 2 aliphatic rings. The molecule has 136 valence electrons. The number of hydrogen-bond donors (Lipinski definition) is 1. The van der Waals surface area contributed by atoms with Crippen LogP contribution in [0.1, 0.15) is 24.2 Å². The minimum atomic E-state index is -0.455. The van der Waals surface area contributed by atoms with E-state index in [9.17, 15) is 14.9 Å². The average Bonchev–Trinajstić information content (AvgIpc) is 2.60. The van der Waals surface area contributed by atoms with Gasteiger partial charge in [-0.15, -0.1) is 0 Å². The summed E-state index contributed by atoms with van der Waals surface area (Å²) in [7, 11) is 0. The molecule has 2 atom stereocenters. The summed E-state index contributed by atoms with van der Waals surface area (Å²) in [5.74, 6) is -0.166. The number of non-ortho nitro benzene ring substituents is 1. The number of anilines is 1. The highest BCUT2D eigenvalue weighted by Gasteiger charge is 2.28. The Bertz CT molecular complexity index is 650. The Balaban J connectivity index is 1.96. The Hall–Kier alpha value is -2.19. The van der Waals surface area contributed by atoms with E-state index in [0.29, 0.717) is 31.9 Å².